The molecule has 0 spiro atoms. The molecule has 1 aliphatic rings. The molecule has 2 atom stereocenters. The highest BCUT2D eigenvalue weighted by Crippen LogP contribution is 2.38. The monoisotopic (exact) mass is 358 g/mol. The standard InChI is InChI=1S/C16H14Cl2F2N2O/c17-11-4-13(18)16(14(20)5-11)23-15(9-1-2-21-6-9)10-3-12(19)8-22-7-10/h3-5,7-9,15,21H,1-2,6H2/t9-,15+/m0/s1. The first-order chi connectivity index (χ1) is 11.0. The van der Waals surface area contributed by atoms with Crippen LogP contribution in [0.3, 0.4) is 0 Å². The van der Waals surface area contributed by atoms with Crippen molar-refractivity contribution in [3.05, 3.63) is 57.8 Å². The van der Waals surface area contributed by atoms with Gasteiger partial charge in [-0.2, -0.15) is 0 Å². The zero-order valence-electron chi connectivity index (χ0n) is 12.0. The molecule has 2 aromatic rings. The van der Waals surface area contributed by atoms with Crippen LogP contribution in [0.25, 0.3) is 0 Å². The Morgan fingerprint density at radius 2 is 2.04 bits per heavy atom. The second-order valence-corrected chi connectivity index (χ2v) is 6.27. The van der Waals surface area contributed by atoms with E-state index in [0.717, 1.165) is 25.2 Å². The summed E-state index contributed by atoms with van der Waals surface area (Å²) in [4.78, 5) is 3.85. The van der Waals surface area contributed by atoms with Crippen LogP contribution >= 0.6 is 23.2 Å². The third-order valence-corrected chi connectivity index (χ3v) is 4.29. The smallest absolute Gasteiger partial charge is 0.174 e. The molecule has 0 amide bonds. The SMILES string of the molecule is Fc1cncc([C@H](Oc2c(F)cc(Cl)cc2Cl)[C@H]2CCNC2)c1. The molecule has 7 heteroatoms. The molecule has 23 heavy (non-hydrogen) atoms. The number of rotatable bonds is 4. The molecular formula is C16H14Cl2F2N2O. The van der Waals surface area contributed by atoms with E-state index >= 15 is 0 Å². The van der Waals surface area contributed by atoms with Crippen molar-refractivity contribution >= 4 is 23.2 Å². The Bertz CT molecular complexity index is 685. The summed E-state index contributed by atoms with van der Waals surface area (Å²) in [6, 6.07) is 3.89. The highest BCUT2D eigenvalue weighted by atomic mass is 35.5. The lowest BCUT2D eigenvalue weighted by atomic mass is 9.96. The van der Waals surface area contributed by atoms with Crippen molar-refractivity contribution < 1.29 is 13.5 Å². The molecule has 0 bridgehead atoms. The molecular weight excluding hydrogens is 345 g/mol. The first kappa shape index (κ1) is 16.4. The summed E-state index contributed by atoms with van der Waals surface area (Å²) < 4.78 is 33.5. The fraction of sp³-hybridized carbons (Fsp3) is 0.312. The number of hydrogen-bond acceptors (Lipinski definition) is 3. The van der Waals surface area contributed by atoms with Crippen LogP contribution in [-0.2, 0) is 0 Å². The molecule has 1 aromatic heterocycles. The normalized spacial score (nSPS) is 18.9. The van der Waals surface area contributed by atoms with Gasteiger partial charge in [0, 0.05) is 29.2 Å². The third-order valence-electron chi connectivity index (χ3n) is 3.79. The first-order valence-corrected chi connectivity index (χ1v) is 7.92. The number of hydrogen-bond donors (Lipinski definition) is 1. The van der Waals surface area contributed by atoms with Crippen LogP contribution in [0.5, 0.6) is 5.75 Å². The van der Waals surface area contributed by atoms with Crippen LogP contribution in [0.4, 0.5) is 8.78 Å². The van der Waals surface area contributed by atoms with Crippen LogP contribution in [-0.4, -0.2) is 18.1 Å². The van der Waals surface area contributed by atoms with Gasteiger partial charge in [0.25, 0.3) is 0 Å². The van der Waals surface area contributed by atoms with Gasteiger partial charge < -0.3 is 10.1 Å². The number of aromatic nitrogens is 1. The van der Waals surface area contributed by atoms with Gasteiger partial charge in [-0.1, -0.05) is 23.2 Å². The zero-order valence-corrected chi connectivity index (χ0v) is 13.5. The van der Waals surface area contributed by atoms with E-state index in [1.165, 1.54) is 18.3 Å². The Kier molecular flexibility index (Phi) is 4.99. The maximum atomic E-state index is 14.2. The molecule has 0 unspecified atom stereocenters. The Morgan fingerprint density at radius 3 is 2.70 bits per heavy atom. The lowest BCUT2D eigenvalue weighted by Crippen LogP contribution is -2.22. The lowest BCUT2D eigenvalue weighted by molar-refractivity contribution is 0.137. The van der Waals surface area contributed by atoms with Crippen molar-refractivity contribution in [3.8, 4) is 5.75 Å². The highest BCUT2D eigenvalue weighted by Gasteiger charge is 2.30. The minimum atomic E-state index is -0.650. The number of pyridine rings is 1. The van der Waals surface area contributed by atoms with Crippen molar-refractivity contribution in [2.24, 2.45) is 5.92 Å². The summed E-state index contributed by atoms with van der Waals surface area (Å²) >= 11 is 11.8. The maximum absolute atomic E-state index is 14.2. The minimum Gasteiger partial charge on any atom is -0.481 e. The van der Waals surface area contributed by atoms with E-state index < -0.39 is 17.7 Å². The molecule has 1 N–H and O–H groups in total. The Hall–Kier alpha value is -1.43. The average Bonchev–Trinajstić information content (AvgIpc) is 3.00. The van der Waals surface area contributed by atoms with E-state index in [0.29, 0.717) is 12.1 Å². The van der Waals surface area contributed by atoms with E-state index in [1.54, 1.807) is 0 Å². The Labute approximate surface area is 142 Å². The second-order valence-electron chi connectivity index (χ2n) is 5.43. The van der Waals surface area contributed by atoms with E-state index in [2.05, 4.69) is 10.3 Å². The van der Waals surface area contributed by atoms with E-state index in [9.17, 15) is 8.78 Å². The van der Waals surface area contributed by atoms with E-state index in [4.69, 9.17) is 27.9 Å². The van der Waals surface area contributed by atoms with Gasteiger partial charge >= 0.3 is 0 Å². The topological polar surface area (TPSA) is 34.1 Å². The molecule has 122 valence electrons. The lowest BCUT2D eigenvalue weighted by Gasteiger charge is -2.25. The van der Waals surface area contributed by atoms with Crippen molar-refractivity contribution in [1.29, 1.82) is 0 Å². The van der Waals surface area contributed by atoms with E-state index in [-0.39, 0.29) is 21.7 Å². The third kappa shape index (κ3) is 3.74. The molecule has 0 aliphatic carbocycles. The molecule has 1 fully saturated rings. The summed E-state index contributed by atoms with van der Waals surface area (Å²) in [6.45, 7) is 1.51. The van der Waals surface area contributed by atoms with Gasteiger partial charge in [-0.3, -0.25) is 4.98 Å². The number of halogens is 4. The zero-order chi connectivity index (χ0) is 16.4. The maximum Gasteiger partial charge on any atom is 0.174 e. The summed E-state index contributed by atoms with van der Waals surface area (Å²) in [7, 11) is 0. The molecule has 0 radical (unpaired) electrons. The van der Waals surface area contributed by atoms with Crippen LogP contribution in [0.1, 0.15) is 18.1 Å². The van der Waals surface area contributed by atoms with Crippen molar-refractivity contribution in [3.63, 3.8) is 0 Å². The quantitative estimate of drug-likeness (QED) is 0.879. The minimum absolute atomic E-state index is 0.0599. The summed E-state index contributed by atoms with van der Waals surface area (Å²) in [5.41, 5.74) is 0.545. The van der Waals surface area contributed by atoms with Crippen molar-refractivity contribution in [2.45, 2.75) is 12.5 Å². The van der Waals surface area contributed by atoms with Crippen LogP contribution < -0.4 is 10.1 Å². The molecule has 3 nitrogen and oxygen atoms in total. The average molecular weight is 359 g/mol. The van der Waals surface area contributed by atoms with Gasteiger partial charge in [-0.25, -0.2) is 8.78 Å². The van der Waals surface area contributed by atoms with Gasteiger partial charge in [0.1, 0.15) is 11.9 Å². The highest BCUT2D eigenvalue weighted by molar-refractivity contribution is 6.35. The van der Waals surface area contributed by atoms with Gasteiger partial charge in [-0.05, 0) is 31.2 Å². The summed E-state index contributed by atoms with van der Waals surface area (Å²) in [5.74, 6) is -1.14. The van der Waals surface area contributed by atoms with Gasteiger partial charge in [0.15, 0.2) is 11.6 Å². The number of nitrogens with one attached hydrogen (secondary N) is 1. The molecule has 2 heterocycles. The number of nitrogens with zero attached hydrogens (tertiary/aromatic N) is 1. The summed E-state index contributed by atoms with van der Waals surface area (Å²) in [6.07, 6.45) is 2.91. The van der Waals surface area contributed by atoms with E-state index in [1.807, 2.05) is 0 Å². The predicted octanol–water partition coefficient (Wildman–Crippen LogP) is 4.40. The van der Waals surface area contributed by atoms with Crippen molar-refractivity contribution in [2.75, 3.05) is 13.1 Å². The summed E-state index contributed by atoms with van der Waals surface area (Å²) in [5, 5.41) is 3.48. The second kappa shape index (κ2) is 6.99. The Morgan fingerprint density at radius 1 is 1.22 bits per heavy atom. The number of benzene rings is 1. The fourth-order valence-electron chi connectivity index (χ4n) is 2.72. The van der Waals surface area contributed by atoms with Crippen molar-refractivity contribution in [1.82, 2.24) is 10.3 Å². The van der Waals surface area contributed by atoms with Crippen LogP contribution in [0, 0.1) is 17.6 Å². The largest absolute Gasteiger partial charge is 0.481 e. The van der Waals surface area contributed by atoms with Crippen LogP contribution in [0.2, 0.25) is 10.0 Å². The molecule has 1 saturated heterocycles. The van der Waals surface area contributed by atoms with Crippen LogP contribution in [0.15, 0.2) is 30.6 Å². The first-order valence-electron chi connectivity index (χ1n) is 7.17. The predicted molar refractivity (Wildman–Crippen MR) is 85.0 cm³/mol. The molecule has 0 saturated carbocycles. The molecule has 1 aliphatic heterocycles. The molecule has 1 aromatic carbocycles. The van der Waals surface area contributed by atoms with Gasteiger partial charge in [0.05, 0.1) is 11.2 Å². The Balaban J connectivity index is 1.96. The number of ether oxygens (including phenoxy) is 1. The fourth-order valence-corrected chi connectivity index (χ4v) is 3.24. The van der Waals surface area contributed by atoms with Gasteiger partial charge in [0.2, 0.25) is 0 Å². The van der Waals surface area contributed by atoms with Gasteiger partial charge in [-0.15, -0.1) is 0 Å². The molecule has 3 rings (SSSR count).